The zero-order valence-corrected chi connectivity index (χ0v) is 13.1. The number of pyridine rings is 1. The second-order valence-electron chi connectivity index (χ2n) is 5.35. The van der Waals surface area contributed by atoms with Crippen LogP contribution in [-0.4, -0.2) is 30.2 Å². The summed E-state index contributed by atoms with van der Waals surface area (Å²) in [5, 5.41) is 0.835. The Hall–Kier alpha value is -0.550. The van der Waals surface area contributed by atoms with Crippen molar-refractivity contribution in [3.05, 3.63) is 30.1 Å². The fourth-order valence-electron chi connectivity index (χ4n) is 2.47. The maximum Gasteiger partial charge on any atom is 0.150 e. The quantitative estimate of drug-likeness (QED) is 0.857. The lowest BCUT2D eigenvalue weighted by Gasteiger charge is -2.30. The molecule has 3 nitrogen and oxygen atoms in total. The van der Waals surface area contributed by atoms with E-state index in [2.05, 4.69) is 24.9 Å². The minimum atomic E-state index is -2.79. The van der Waals surface area contributed by atoms with Crippen LogP contribution in [-0.2, 0) is 9.84 Å². The summed E-state index contributed by atoms with van der Waals surface area (Å²) < 4.78 is 23.1. The normalized spacial score (nSPS) is 21.4. The molecule has 0 bridgehead atoms. The van der Waals surface area contributed by atoms with Crippen molar-refractivity contribution >= 4 is 21.6 Å². The van der Waals surface area contributed by atoms with Gasteiger partial charge in [-0.15, -0.1) is 11.8 Å². The van der Waals surface area contributed by atoms with Gasteiger partial charge in [0, 0.05) is 6.20 Å². The van der Waals surface area contributed by atoms with E-state index in [1.165, 1.54) is 0 Å². The van der Waals surface area contributed by atoms with E-state index in [1.807, 2.05) is 30.1 Å². The van der Waals surface area contributed by atoms with Crippen molar-refractivity contribution in [1.29, 1.82) is 0 Å². The van der Waals surface area contributed by atoms with Crippen molar-refractivity contribution in [1.82, 2.24) is 4.98 Å². The Morgan fingerprint density at radius 3 is 2.47 bits per heavy atom. The van der Waals surface area contributed by atoms with Gasteiger partial charge in [-0.2, -0.15) is 0 Å². The average Bonchev–Trinajstić information content (AvgIpc) is 2.37. The summed E-state index contributed by atoms with van der Waals surface area (Å²) in [6.45, 7) is 4.36. The second kappa shape index (κ2) is 6.27. The van der Waals surface area contributed by atoms with E-state index in [1.54, 1.807) is 0 Å². The van der Waals surface area contributed by atoms with Crippen LogP contribution in [0.15, 0.2) is 24.4 Å². The molecule has 1 saturated heterocycles. The Morgan fingerprint density at radius 1 is 1.26 bits per heavy atom. The van der Waals surface area contributed by atoms with Crippen molar-refractivity contribution < 1.29 is 8.42 Å². The van der Waals surface area contributed by atoms with Gasteiger partial charge in [0.05, 0.1) is 22.4 Å². The van der Waals surface area contributed by atoms with Crippen molar-refractivity contribution in [2.24, 2.45) is 5.92 Å². The van der Waals surface area contributed by atoms with Gasteiger partial charge in [0.25, 0.3) is 0 Å². The van der Waals surface area contributed by atoms with Crippen LogP contribution in [0.2, 0.25) is 0 Å². The third kappa shape index (κ3) is 4.21. The van der Waals surface area contributed by atoms with Gasteiger partial charge in [-0.05, 0) is 36.1 Å². The Kier molecular flexibility index (Phi) is 4.90. The molecule has 5 heteroatoms. The summed E-state index contributed by atoms with van der Waals surface area (Å²) >= 11 is 1.90. The lowest BCUT2D eigenvalue weighted by molar-refractivity contribution is 0.451. The highest BCUT2D eigenvalue weighted by Gasteiger charge is 2.31. The first-order chi connectivity index (χ1) is 8.98. The van der Waals surface area contributed by atoms with E-state index in [4.69, 9.17) is 0 Å². The molecule has 0 aliphatic carbocycles. The van der Waals surface area contributed by atoms with Gasteiger partial charge in [-0.3, -0.25) is 4.98 Å². The lowest BCUT2D eigenvalue weighted by atomic mass is 9.96. The SMILES string of the molecule is CC(C)SC(c1ccccn1)C1CCS(=O)(=O)CC1. The number of nitrogens with zero attached hydrogens (tertiary/aromatic N) is 1. The molecule has 0 spiro atoms. The lowest BCUT2D eigenvalue weighted by Crippen LogP contribution is -2.27. The number of sulfone groups is 1. The van der Waals surface area contributed by atoms with Crippen LogP contribution in [0.1, 0.15) is 37.6 Å². The van der Waals surface area contributed by atoms with E-state index in [-0.39, 0.29) is 0 Å². The predicted octanol–water partition coefficient (Wildman–Crippen LogP) is 3.09. The molecule has 1 aromatic heterocycles. The van der Waals surface area contributed by atoms with Gasteiger partial charge in [-0.25, -0.2) is 8.42 Å². The second-order valence-corrected chi connectivity index (χ2v) is 9.38. The largest absolute Gasteiger partial charge is 0.260 e. The molecular formula is C14H21NO2S2. The maximum atomic E-state index is 11.6. The fourth-order valence-corrected chi connectivity index (χ4v) is 5.36. The Labute approximate surface area is 120 Å². The van der Waals surface area contributed by atoms with Gasteiger partial charge >= 0.3 is 0 Å². The molecule has 1 aliphatic heterocycles. The molecule has 1 fully saturated rings. The number of hydrogen-bond donors (Lipinski definition) is 0. The molecule has 2 rings (SSSR count). The fraction of sp³-hybridized carbons (Fsp3) is 0.643. The zero-order chi connectivity index (χ0) is 13.9. The van der Waals surface area contributed by atoms with E-state index in [0.29, 0.717) is 27.9 Å². The van der Waals surface area contributed by atoms with Crippen molar-refractivity contribution in [2.45, 2.75) is 37.2 Å². The first-order valence-corrected chi connectivity index (χ1v) is 9.51. The molecule has 19 heavy (non-hydrogen) atoms. The van der Waals surface area contributed by atoms with Crippen molar-refractivity contribution in [2.75, 3.05) is 11.5 Å². The smallest absolute Gasteiger partial charge is 0.150 e. The molecule has 0 amide bonds. The van der Waals surface area contributed by atoms with Crippen LogP contribution in [0.4, 0.5) is 0 Å². The zero-order valence-electron chi connectivity index (χ0n) is 11.5. The number of rotatable bonds is 4. The minimum Gasteiger partial charge on any atom is -0.260 e. The molecule has 2 heterocycles. The first kappa shape index (κ1) is 14.9. The summed E-state index contributed by atoms with van der Waals surface area (Å²) in [5.41, 5.74) is 1.09. The first-order valence-electron chi connectivity index (χ1n) is 6.75. The van der Waals surface area contributed by atoms with Crippen LogP contribution in [0.3, 0.4) is 0 Å². The Morgan fingerprint density at radius 2 is 1.95 bits per heavy atom. The molecule has 1 aliphatic rings. The van der Waals surface area contributed by atoms with Crippen molar-refractivity contribution in [3.8, 4) is 0 Å². The number of thioether (sulfide) groups is 1. The van der Waals surface area contributed by atoms with Crippen LogP contribution in [0.25, 0.3) is 0 Å². The summed E-state index contributed by atoms with van der Waals surface area (Å²) in [7, 11) is -2.79. The van der Waals surface area contributed by atoms with Crippen LogP contribution >= 0.6 is 11.8 Å². The van der Waals surface area contributed by atoms with Gasteiger partial charge in [-0.1, -0.05) is 19.9 Å². The highest BCUT2D eigenvalue weighted by atomic mass is 32.2. The van der Waals surface area contributed by atoms with Crippen molar-refractivity contribution in [3.63, 3.8) is 0 Å². The molecule has 0 saturated carbocycles. The Balaban J connectivity index is 2.15. The number of aromatic nitrogens is 1. The highest BCUT2D eigenvalue weighted by molar-refractivity contribution is 8.00. The molecule has 0 N–H and O–H groups in total. The molecule has 1 atom stereocenters. The summed E-state index contributed by atoms with van der Waals surface area (Å²) in [4.78, 5) is 4.47. The maximum absolute atomic E-state index is 11.6. The third-order valence-corrected chi connectivity index (χ3v) is 6.60. The molecule has 1 aromatic rings. The molecule has 1 unspecified atom stereocenters. The van der Waals surface area contributed by atoms with E-state index < -0.39 is 9.84 Å². The summed E-state index contributed by atoms with van der Waals surface area (Å²) in [6, 6.07) is 5.99. The van der Waals surface area contributed by atoms with Crippen LogP contribution in [0, 0.1) is 5.92 Å². The van der Waals surface area contributed by atoms with Crippen LogP contribution < -0.4 is 0 Å². The molecule has 0 aromatic carbocycles. The Bertz CT molecular complexity index is 485. The minimum absolute atomic E-state index is 0.316. The monoisotopic (exact) mass is 299 g/mol. The van der Waals surface area contributed by atoms with E-state index >= 15 is 0 Å². The van der Waals surface area contributed by atoms with Gasteiger partial charge in [0.1, 0.15) is 9.84 Å². The number of hydrogen-bond acceptors (Lipinski definition) is 4. The molecule has 0 radical (unpaired) electrons. The van der Waals surface area contributed by atoms with Gasteiger partial charge < -0.3 is 0 Å². The van der Waals surface area contributed by atoms with Crippen LogP contribution in [0.5, 0.6) is 0 Å². The summed E-state index contributed by atoms with van der Waals surface area (Å²) in [6.07, 6.45) is 3.36. The standard InChI is InChI=1S/C14H21NO2S2/c1-11(2)18-14(13-5-3-4-8-15-13)12-6-9-19(16,17)10-7-12/h3-5,8,11-12,14H,6-7,9-10H2,1-2H3. The van der Waals surface area contributed by atoms with E-state index in [0.717, 1.165) is 18.5 Å². The van der Waals surface area contributed by atoms with Gasteiger partial charge in [0.15, 0.2) is 0 Å². The highest BCUT2D eigenvalue weighted by Crippen LogP contribution is 2.42. The third-order valence-electron chi connectivity index (χ3n) is 3.43. The topological polar surface area (TPSA) is 47.0 Å². The van der Waals surface area contributed by atoms with E-state index in [9.17, 15) is 8.42 Å². The predicted molar refractivity (Wildman–Crippen MR) is 81.1 cm³/mol. The molecular weight excluding hydrogens is 278 g/mol. The molecule has 106 valence electrons. The summed E-state index contributed by atoms with van der Waals surface area (Å²) in [5.74, 6) is 1.09. The van der Waals surface area contributed by atoms with Gasteiger partial charge in [0.2, 0.25) is 0 Å². The average molecular weight is 299 g/mol.